The van der Waals surface area contributed by atoms with Crippen molar-refractivity contribution in [3.05, 3.63) is 58.9 Å². The van der Waals surface area contributed by atoms with E-state index in [-0.39, 0.29) is 11.2 Å². The minimum Gasteiger partial charge on any atom is -0.457 e. The number of anilines is 1. The minimum atomic E-state index is -0.501. The van der Waals surface area contributed by atoms with Gasteiger partial charge in [0.1, 0.15) is 17.3 Å². The summed E-state index contributed by atoms with van der Waals surface area (Å²) in [6, 6.07) is 9.07. The number of nitrogens with zero attached hydrogens (tertiary/aromatic N) is 2. The van der Waals surface area contributed by atoms with Crippen LogP contribution in [0.5, 0.6) is 11.5 Å². The largest absolute Gasteiger partial charge is 0.457 e. The number of benzene rings is 2. The summed E-state index contributed by atoms with van der Waals surface area (Å²) in [5.41, 5.74) is 5.92. The molecular weight excluding hydrogens is 273 g/mol. The SMILES string of the molecule is Cn1cnc2ccc(Oc3ccc(F)c(N)c3)cc2c1=O. The van der Waals surface area contributed by atoms with Crippen LogP contribution in [0.1, 0.15) is 0 Å². The first-order valence-corrected chi connectivity index (χ1v) is 6.23. The van der Waals surface area contributed by atoms with Crippen molar-refractivity contribution >= 4 is 16.6 Å². The molecule has 3 aromatic rings. The van der Waals surface area contributed by atoms with Crippen LogP contribution in [-0.2, 0) is 7.05 Å². The number of aryl methyl sites for hydroxylation is 1. The topological polar surface area (TPSA) is 70.1 Å². The fourth-order valence-corrected chi connectivity index (χ4v) is 1.98. The van der Waals surface area contributed by atoms with Crippen molar-refractivity contribution in [1.82, 2.24) is 9.55 Å². The molecule has 0 aliphatic heterocycles. The van der Waals surface area contributed by atoms with Crippen LogP contribution < -0.4 is 16.0 Å². The average Bonchev–Trinajstić information content (AvgIpc) is 2.47. The molecule has 106 valence electrons. The lowest BCUT2D eigenvalue weighted by molar-refractivity contribution is 0.482. The van der Waals surface area contributed by atoms with E-state index < -0.39 is 5.82 Å². The van der Waals surface area contributed by atoms with E-state index in [2.05, 4.69) is 4.98 Å². The Balaban J connectivity index is 2.03. The molecule has 0 bridgehead atoms. The van der Waals surface area contributed by atoms with Crippen LogP contribution in [0.4, 0.5) is 10.1 Å². The summed E-state index contributed by atoms with van der Waals surface area (Å²) in [6.07, 6.45) is 1.46. The zero-order valence-electron chi connectivity index (χ0n) is 11.2. The highest BCUT2D eigenvalue weighted by molar-refractivity contribution is 5.79. The fourth-order valence-electron chi connectivity index (χ4n) is 1.98. The van der Waals surface area contributed by atoms with Crippen molar-refractivity contribution in [1.29, 1.82) is 0 Å². The van der Waals surface area contributed by atoms with Gasteiger partial charge in [-0.3, -0.25) is 4.79 Å². The quantitative estimate of drug-likeness (QED) is 0.734. The number of nitrogens with two attached hydrogens (primary N) is 1. The number of ether oxygens (including phenoxy) is 1. The second kappa shape index (κ2) is 4.90. The maximum atomic E-state index is 13.1. The van der Waals surface area contributed by atoms with Crippen molar-refractivity contribution in [2.75, 3.05) is 5.73 Å². The maximum absolute atomic E-state index is 13.1. The summed E-state index contributed by atoms with van der Waals surface area (Å²) in [5, 5.41) is 0.451. The van der Waals surface area contributed by atoms with Gasteiger partial charge in [-0.05, 0) is 30.3 Å². The molecule has 0 amide bonds. The zero-order chi connectivity index (χ0) is 15.0. The third kappa shape index (κ3) is 2.43. The standard InChI is InChI=1S/C15H12FN3O2/c1-19-8-18-14-5-3-9(6-11(14)15(19)20)21-10-2-4-12(16)13(17)7-10/h2-8H,17H2,1H3. The van der Waals surface area contributed by atoms with E-state index >= 15 is 0 Å². The molecule has 0 saturated carbocycles. The van der Waals surface area contributed by atoms with Crippen molar-refractivity contribution in [3.63, 3.8) is 0 Å². The van der Waals surface area contributed by atoms with Gasteiger partial charge in [0.2, 0.25) is 0 Å². The number of halogens is 1. The van der Waals surface area contributed by atoms with Crippen molar-refractivity contribution < 1.29 is 9.13 Å². The van der Waals surface area contributed by atoms with Gasteiger partial charge in [-0.1, -0.05) is 0 Å². The smallest absolute Gasteiger partial charge is 0.261 e. The molecule has 21 heavy (non-hydrogen) atoms. The van der Waals surface area contributed by atoms with Gasteiger partial charge >= 0.3 is 0 Å². The molecule has 0 fully saturated rings. The van der Waals surface area contributed by atoms with E-state index in [0.29, 0.717) is 22.4 Å². The number of aromatic nitrogens is 2. The van der Waals surface area contributed by atoms with Crippen LogP contribution in [0, 0.1) is 5.82 Å². The Morgan fingerprint density at radius 3 is 2.67 bits per heavy atom. The number of rotatable bonds is 2. The van der Waals surface area contributed by atoms with Crippen molar-refractivity contribution in [3.8, 4) is 11.5 Å². The van der Waals surface area contributed by atoms with Gasteiger partial charge in [0.05, 0.1) is 22.9 Å². The van der Waals surface area contributed by atoms with Gasteiger partial charge in [0.15, 0.2) is 0 Å². The molecule has 3 rings (SSSR count). The second-order valence-corrected chi connectivity index (χ2v) is 4.62. The van der Waals surface area contributed by atoms with Gasteiger partial charge in [-0.15, -0.1) is 0 Å². The lowest BCUT2D eigenvalue weighted by Gasteiger charge is -2.08. The highest BCUT2D eigenvalue weighted by Crippen LogP contribution is 2.26. The predicted molar refractivity (Wildman–Crippen MR) is 77.9 cm³/mol. The number of fused-ring (bicyclic) bond motifs is 1. The van der Waals surface area contributed by atoms with E-state index in [1.165, 1.54) is 29.1 Å². The molecule has 1 aromatic heterocycles. The Morgan fingerprint density at radius 2 is 1.90 bits per heavy atom. The molecule has 0 aliphatic carbocycles. The molecule has 0 atom stereocenters. The predicted octanol–water partition coefficient (Wildman–Crippen LogP) is 2.45. The molecule has 0 aliphatic rings. The van der Waals surface area contributed by atoms with Gasteiger partial charge < -0.3 is 15.0 Å². The van der Waals surface area contributed by atoms with Crippen molar-refractivity contribution in [2.45, 2.75) is 0 Å². The van der Waals surface area contributed by atoms with Crippen LogP contribution in [0.25, 0.3) is 10.9 Å². The van der Waals surface area contributed by atoms with Gasteiger partial charge in [0, 0.05) is 13.1 Å². The highest BCUT2D eigenvalue weighted by Gasteiger charge is 2.06. The number of hydrogen-bond acceptors (Lipinski definition) is 4. The van der Waals surface area contributed by atoms with Gasteiger partial charge in [0.25, 0.3) is 5.56 Å². The van der Waals surface area contributed by atoms with Crippen LogP contribution in [0.15, 0.2) is 47.5 Å². The van der Waals surface area contributed by atoms with Crippen LogP contribution in [0.3, 0.4) is 0 Å². The molecule has 2 N–H and O–H groups in total. The third-order valence-corrected chi connectivity index (χ3v) is 3.09. The molecule has 2 aromatic carbocycles. The van der Waals surface area contributed by atoms with E-state index in [0.717, 1.165) is 0 Å². The van der Waals surface area contributed by atoms with Crippen LogP contribution in [0.2, 0.25) is 0 Å². The molecule has 6 heteroatoms. The summed E-state index contributed by atoms with van der Waals surface area (Å²) >= 11 is 0. The van der Waals surface area contributed by atoms with Gasteiger partial charge in [-0.2, -0.15) is 0 Å². The van der Waals surface area contributed by atoms with Crippen molar-refractivity contribution in [2.24, 2.45) is 7.05 Å². The minimum absolute atomic E-state index is 0.00543. The molecule has 0 radical (unpaired) electrons. The Bertz CT molecular complexity index is 890. The fraction of sp³-hybridized carbons (Fsp3) is 0.0667. The van der Waals surface area contributed by atoms with Crippen LogP contribution in [-0.4, -0.2) is 9.55 Å². The first kappa shape index (κ1) is 13.1. The number of nitrogen functional groups attached to an aromatic ring is 1. The maximum Gasteiger partial charge on any atom is 0.261 e. The second-order valence-electron chi connectivity index (χ2n) is 4.62. The number of hydrogen-bond donors (Lipinski definition) is 1. The normalized spacial score (nSPS) is 10.8. The highest BCUT2D eigenvalue weighted by atomic mass is 19.1. The summed E-state index contributed by atoms with van der Waals surface area (Å²) in [7, 11) is 1.63. The summed E-state index contributed by atoms with van der Waals surface area (Å²) < 4.78 is 20.1. The van der Waals surface area contributed by atoms with E-state index in [1.54, 1.807) is 25.2 Å². The summed E-state index contributed by atoms with van der Waals surface area (Å²) in [5.74, 6) is 0.353. The third-order valence-electron chi connectivity index (χ3n) is 3.09. The van der Waals surface area contributed by atoms with E-state index in [9.17, 15) is 9.18 Å². The lowest BCUT2D eigenvalue weighted by Crippen LogP contribution is -2.16. The zero-order valence-corrected chi connectivity index (χ0v) is 11.2. The monoisotopic (exact) mass is 285 g/mol. The average molecular weight is 285 g/mol. The van der Waals surface area contributed by atoms with E-state index in [4.69, 9.17) is 10.5 Å². The molecular formula is C15H12FN3O2. The first-order valence-electron chi connectivity index (χ1n) is 6.23. The molecule has 0 unspecified atom stereocenters. The Kier molecular flexibility index (Phi) is 3.06. The molecule has 5 nitrogen and oxygen atoms in total. The summed E-state index contributed by atoms with van der Waals surface area (Å²) in [6.45, 7) is 0. The molecule has 0 saturated heterocycles. The molecule has 1 heterocycles. The van der Waals surface area contributed by atoms with E-state index in [1.807, 2.05) is 0 Å². The lowest BCUT2D eigenvalue weighted by atomic mass is 10.2. The van der Waals surface area contributed by atoms with Crippen LogP contribution >= 0.6 is 0 Å². The Hall–Kier alpha value is -2.89. The first-order chi connectivity index (χ1) is 10.0. The molecule has 0 spiro atoms. The summed E-state index contributed by atoms with van der Waals surface area (Å²) in [4.78, 5) is 16.2. The van der Waals surface area contributed by atoms with Gasteiger partial charge in [-0.25, -0.2) is 9.37 Å². The Labute approximate surface area is 119 Å². The Morgan fingerprint density at radius 1 is 1.19 bits per heavy atom.